The molecule has 0 unspecified atom stereocenters. The molecular formula is C14H26N2O. The Bertz CT molecular complexity index is 291. The average molecular weight is 238 g/mol. The van der Waals surface area contributed by atoms with Crippen molar-refractivity contribution in [3.05, 3.63) is 0 Å². The van der Waals surface area contributed by atoms with Crippen molar-refractivity contribution >= 4 is 5.91 Å². The van der Waals surface area contributed by atoms with Crippen LogP contribution in [0.5, 0.6) is 0 Å². The molecule has 2 aliphatic carbocycles. The lowest BCUT2D eigenvalue weighted by atomic mass is 10.0. The summed E-state index contributed by atoms with van der Waals surface area (Å²) in [7, 11) is 0. The maximum Gasteiger partial charge on any atom is 0.221 e. The van der Waals surface area contributed by atoms with E-state index >= 15 is 0 Å². The van der Waals surface area contributed by atoms with E-state index in [1.807, 2.05) is 0 Å². The summed E-state index contributed by atoms with van der Waals surface area (Å²) in [4.78, 5) is 11.5. The van der Waals surface area contributed by atoms with Gasteiger partial charge in [0.25, 0.3) is 0 Å². The fraction of sp³-hybridized carbons (Fsp3) is 0.929. The van der Waals surface area contributed by atoms with Crippen LogP contribution in [0.25, 0.3) is 0 Å². The number of nitrogens with one attached hydrogen (secondary N) is 2. The number of amides is 1. The fourth-order valence-corrected chi connectivity index (χ4v) is 2.82. The quantitative estimate of drug-likeness (QED) is 0.694. The van der Waals surface area contributed by atoms with Gasteiger partial charge in [0.05, 0.1) is 0 Å². The first-order valence-corrected chi connectivity index (χ1v) is 6.86. The summed E-state index contributed by atoms with van der Waals surface area (Å²) in [6.07, 6.45) is 2.96. The number of hydrogen-bond donors (Lipinski definition) is 2. The molecular weight excluding hydrogens is 212 g/mol. The van der Waals surface area contributed by atoms with Gasteiger partial charge < -0.3 is 10.6 Å². The van der Waals surface area contributed by atoms with Gasteiger partial charge in [-0.15, -0.1) is 0 Å². The molecule has 3 heteroatoms. The van der Waals surface area contributed by atoms with E-state index in [4.69, 9.17) is 0 Å². The predicted molar refractivity (Wildman–Crippen MR) is 69.7 cm³/mol. The smallest absolute Gasteiger partial charge is 0.221 e. The van der Waals surface area contributed by atoms with Crippen LogP contribution in [0.3, 0.4) is 0 Å². The fourth-order valence-electron chi connectivity index (χ4n) is 2.82. The van der Waals surface area contributed by atoms with E-state index in [1.54, 1.807) is 0 Å². The Morgan fingerprint density at radius 2 is 1.76 bits per heavy atom. The first kappa shape index (κ1) is 12.9. The van der Waals surface area contributed by atoms with Crippen LogP contribution in [0.1, 0.15) is 47.0 Å². The molecule has 0 aromatic heterocycles. The predicted octanol–water partition coefficient (Wildman–Crippen LogP) is 1.93. The van der Waals surface area contributed by atoms with Crippen LogP contribution in [-0.4, -0.2) is 25.0 Å². The van der Waals surface area contributed by atoms with E-state index < -0.39 is 0 Å². The van der Waals surface area contributed by atoms with Crippen molar-refractivity contribution in [1.82, 2.24) is 10.6 Å². The maximum atomic E-state index is 11.5. The van der Waals surface area contributed by atoms with Crippen molar-refractivity contribution in [3.63, 3.8) is 0 Å². The third kappa shape index (κ3) is 2.65. The molecule has 0 bridgehead atoms. The Morgan fingerprint density at radius 1 is 1.18 bits per heavy atom. The minimum absolute atomic E-state index is 0.203. The van der Waals surface area contributed by atoms with Crippen molar-refractivity contribution in [3.8, 4) is 0 Å². The third-order valence-corrected chi connectivity index (χ3v) is 5.14. The normalized spacial score (nSPS) is 25.6. The van der Waals surface area contributed by atoms with Crippen molar-refractivity contribution in [2.24, 2.45) is 16.7 Å². The van der Waals surface area contributed by atoms with Gasteiger partial charge in [0.2, 0.25) is 5.91 Å². The zero-order chi connectivity index (χ0) is 12.7. The standard InChI is InChI=1S/C14H26N2O/c1-13(2)11(14(13,3)4)9-15-8-7-12(17)16-10-5-6-10/h10-11,15H,5-9H2,1-4H3,(H,16,17). The minimum atomic E-state index is 0.203. The van der Waals surface area contributed by atoms with Gasteiger partial charge >= 0.3 is 0 Å². The van der Waals surface area contributed by atoms with Gasteiger partial charge in [-0.05, 0) is 36.1 Å². The Labute approximate surface area is 105 Å². The molecule has 0 aromatic carbocycles. The summed E-state index contributed by atoms with van der Waals surface area (Å²) in [6.45, 7) is 11.2. The molecule has 2 fully saturated rings. The van der Waals surface area contributed by atoms with Crippen molar-refractivity contribution in [2.75, 3.05) is 13.1 Å². The highest BCUT2D eigenvalue weighted by molar-refractivity contribution is 5.76. The monoisotopic (exact) mass is 238 g/mol. The molecule has 0 aliphatic heterocycles. The molecule has 2 N–H and O–H groups in total. The number of carbonyl (C=O) groups is 1. The largest absolute Gasteiger partial charge is 0.353 e. The molecule has 0 aromatic rings. The molecule has 3 nitrogen and oxygen atoms in total. The number of rotatable bonds is 6. The molecule has 0 saturated heterocycles. The van der Waals surface area contributed by atoms with E-state index in [0.29, 0.717) is 23.3 Å². The molecule has 0 heterocycles. The molecule has 17 heavy (non-hydrogen) atoms. The summed E-state index contributed by atoms with van der Waals surface area (Å²) in [5, 5.41) is 6.43. The maximum absolute atomic E-state index is 11.5. The van der Waals surface area contributed by atoms with E-state index in [2.05, 4.69) is 38.3 Å². The van der Waals surface area contributed by atoms with Crippen LogP contribution in [-0.2, 0) is 4.79 Å². The first-order chi connectivity index (χ1) is 7.85. The lowest BCUT2D eigenvalue weighted by Crippen LogP contribution is -2.30. The van der Waals surface area contributed by atoms with Crippen LogP contribution in [0.15, 0.2) is 0 Å². The summed E-state index contributed by atoms with van der Waals surface area (Å²) in [5.74, 6) is 0.941. The van der Waals surface area contributed by atoms with Gasteiger partial charge in [0, 0.05) is 19.0 Å². The lowest BCUT2D eigenvalue weighted by Gasteiger charge is -2.06. The van der Waals surface area contributed by atoms with Gasteiger partial charge in [-0.1, -0.05) is 27.7 Å². The molecule has 2 rings (SSSR count). The average Bonchev–Trinajstić information content (AvgIpc) is 3.06. The second-order valence-electron chi connectivity index (χ2n) is 6.79. The van der Waals surface area contributed by atoms with Gasteiger partial charge in [-0.25, -0.2) is 0 Å². The Kier molecular flexibility index (Phi) is 3.23. The number of carbonyl (C=O) groups excluding carboxylic acids is 1. The van der Waals surface area contributed by atoms with Crippen molar-refractivity contribution in [2.45, 2.75) is 53.0 Å². The summed E-state index contributed by atoms with van der Waals surface area (Å²) < 4.78 is 0. The zero-order valence-electron chi connectivity index (χ0n) is 11.6. The zero-order valence-corrected chi connectivity index (χ0v) is 11.6. The minimum Gasteiger partial charge on any atom is -0.353 e. The second-order valence-corrected chi connectivity index (χ2v) is 6.79. The molecule has 2 saturated carbocycles. The molecule has 0 atom stereocenters. The van der Waals surface area contributed by atoms with Gasteiger partial charge in [0.15, 0.2) is 0 Å². The highest BCUT2D eigenvalue weighted by Crippen LogP contribution is 2.67. The van der Waals surface area contributed by atoms with Crippen molar-refractivity contribution in [1.29, 1.82) is 0 Å². The molecule has 0 radical (unpaired) electrons. The first-order valence-electron chi connectivity index (χ1n) is 6.86. The van der Waals surface area contributed by atoms with Gasteiger partial charge in [-0.2, -0.15) is 0 Å². The SMILES string of the molecule is CC1(C)C(CNCCC(=O)NC2CC2)C1(C)C. The Balaban J connectivity index is 1.56. The van der Waals surface area contributed by atoms with Crippen LogP contribution in [0, 0.1) is 16.7 Å². The second kappa shape index (κ2) is 4.27. The van der Waals surface area contributed by atoms with Crippen LogP contribution < -0.4 is 10.6 Å². The Morgan fingerprint density at radius 3 is 2.24 bits per heavy atom. The van der Waals surface area contributed by atoms with E-state index in [-0.39, 0.29) is 5.91 Å². The topological polar surface area (TPSA) is 41.1 Å². The molecule has 98 valence electrons. The van der Waals surface area contributed by atoms with E-state index in [1.165, 1.54) is 12.8 Å². The van der Waals surface area contributed by atoms with Gasteiger partial charge in [-0.3, -0.25) is 4.79 Å². The van der Waals surface area contributed by atoms with Crippen LogP contribution >= 0.6 is 0 Å². The number of hydrogen-bond acceptors (Lipinski definition) is 2. The highest BCUT2D eigenvalue weighted by atomic mass is 16.1. The lowest BCUT2D eigenvalue weighted by molar-refractivity contribution is -0.121. The van der Waals surface area contributed by atoms with Crippen LogP contribution in [0.4, 0.5) is 0 Å². The highest BCUT2D eigenvalue weighted by Gasteiger charge is 2.63. The van der Waals surface area contributed by atoms with Crippen LogP contribution in [0.2, 0.25) is 0 Å². The summed E-state index contributed by atoms with van der Waals surface area (Å²) >= 11 is 0. The summed E-state index contributed by atoms with van der Waals surface area (Å²) in [6, 6.07) is 0.490. The Hall–Kier alpha value is -0.570. The third-order valence-electron chi connectivity index (χ3n) is 5.14. The van der Waals surface area contributed by atoms with Crippen molar-refractivity contribution < 1.29 is 4.79 Å². The summed E-state index contributed by atoms with van der Waals surface area (Å²) in [5.41, 5.74) is 0.881. The molecule has 1 amide bonds. The van der Waals surface area contributed by atoms with E-state index in [9.17, 15) is 4.79 Å². The molecule has 0 spiro atoms. The van der Waals surface area contributed by atoms with Gasteiger partial charge in [0.1, 0.15) is 0 Å². The molecule has 2 aliphatic rings. The van der Waals surface area contributed by atoms with E-state index in [0.717, 1.165) is 19.0 Å².